The monoisotopic (exact) mass is 408 g/mol. The summed E-state index contributed by atoms with van der Waals surface area (Å²) >= 11 is 0. The predicted molar refractivity (Wildman–Crippen MR) is 119 cm³/mol. The van der Waals surface area contributed by atoms with Crippen LogP contribution in [-0.2, 0) is 17.9 Å². The molecule has 1 aliphatic rings. The van der Waals surface area contributed by atoms with Crippen molar-refractivity contribution < 1.29 is 9.53 Å². The number of rotatable bonds is 6. The summed E-state index contributed by atoms with van der Waals surface area (Å²) < 4.78 is 7.71. The first-order valence-corrected chi connectivity index (χ1v) is 10.0. The Labute approximate surface area is 179 Å². The van der Waals surface area contributed by atoms with E-state index < -0.39 is 0 Å². The lowest BCUT2D eigenvalue weighted by Crippen LogP contribution is -2.03. The summed E-state index contributed by atoms with van der Waals surface area (Å²) in [6, 6.07) is 25.5. The zero-order valence-electron chi connectivity index (χ0n) is 16.7. The normalized spacial score (nSPS) is 13.8. The number of ether oxygens (including phenoxy) is 1. The number of hydrogen-bond acceptors (Lipinski definition) is 4. The number of anilines is 1. The Morgan fingerprint density at radius 3 is 2.71 bits per heavy atom. The van der Waals surface area contributed by atoms with E-state index >= 15 is 0 Å². The molecule has 0 atom stereocenters. The van der Waals surface area contributed by atoms with Gasteiger partial charge in [-0.15, -0.1) is 5.10 Å². The summed E-state index contributed by atoms with van der Waals surface area (Å²) in [4.78, 5) is 12.3. The van der Waals surface area contributed by atoms with Gasteiger partial charge in [-0.2, -0.15) is 0 Å². The molecule has 6 nitrogen and oxygen atoms in total. The van der Waals surface area contributed by atoms with Crippen molar-refractivity contribution in [3.63, 3.8) is 0 Å². The number of carbonyl (C=O) groups is 1. The number of nitrogens with one attached hydrogen (secondary N) is 1. The number of amides is 1. The molecule has 0 bridgehead atoms. The molecule has 0 unspecified atom stereocenters. The third-order valence-electron chi connectivity index (χ3n) is 5.04. The Morgan fingerprint density at radius 1 is 0.968 bits per heavy atom. The summed E-state index contributed by atoms with van der Waals surface area (Å²) in [5.74, 6) is 0.612. The third kappa shape index (κ3) is 4.23. The van der Waals surface area contributed by atoms with Crippen molar-refractivity contribution in [1.82, 2.24) is 15.0 Å². The minimum Gasteiger partial charge on any atom is -0.487 e. The second-order valence-electron chi connectivity index (χ2n) is 7.31. The Balaban J connectivity index is 1.27. The molecule has 2 heterocycles. The molecule has 1 N–H and O–H groups in total. The highest BCUT2D eigenvalue weighted by molar-refractivity contribution is 6.34. The summed E-state index contributed by atoms with van der Waals surface area (Å²) in [5, 5.41) is 11.3. The lowest BCUT2D eigenvalue weighted by molar-refractivity contribution is -0.110. The quantitative estimate of drug-likeness (QED) is 0.480. The van der Waals surface area contributed by atoms with Crippen LogP contribution in [0.4, 0.5) is 5.69 Å². The summed E-state index contributed by atoms with van der Waals surface area (Å²) in [6.07, 6.45) is 3.77. The predicted octanol–water partition coefficient (Wildman–Crippen LogP) is 4.40. The number of benzene rings is 3. The molecule has 4 aromatic rings. The van der Waals surface area contributed by atoms with Crippen LogP contribution in [0.3, 0.4) is 0 Å². The average Bonchev–Trinajstić information content (AvgIpc) is 3.37. The first-order valence-electron chi connectivity index (χ1n) is 10.0. The molecule has 1 aromatic heterocycles. The van der Waals surface area contributed by atoms with E-state index in [4.69, 9.17) is 4.74 Å². The van der Waals surface area contributed by atoms with Crippen LogP contribution in [0.5, 0.6) is 5.75 Å². The highest BCUT2D eigenvalue weighted by atomic mass is 16.5. The van der Waals surface area contributed by atoms with Gasteiger partial charge in [0.2, 0.25) is 0 Å². The van der Waals surface area contributed by atoms with Crippen molar-refractivity contribution in [3.8, 4) is 5.75 Å². The fourth-order valence-electron chi connectivity index (χ4n) is 3.55. The van der Waals surface area contributed by atoms with Crippen molar-refractivity contribution in [2.75, 3.05) is 5.32 Å². The Hall–Kier alpha value is -4.19. The van der Waals surface area contributed by atoms with Gasteiger partial charge in [-0.3, -0.25) is 4.79 Å². The highest BCUT2D eigenvalue weighted by Crippen LogP contribution is 2.33. The maximum absolute atomic E-state index is 12.3. The fraction of sp³-hybridized carbons (Fsp3) is 0.0800. The van der Waals surface area contributed by atoms with E-state index in [9.17, 15) is 4.79 Å². The van der Waals surface area contributed by atoms with E-state index in [1.54, 1.807) is 4.68 Å². The minimum atomic E-state index is -0.0949. The molecular formula is C25H20N4O2. The van der Waals surface area contributed by atoms with Crippen molar-refractivity contribution in [2.24, 2.45) is 0 Å². The second kappa shape index (κ2) is 8.28. The molecule has 0 aliphatic carbocycles. The summed E-state index contributed by atoms with van der Waals surface area (Å²) in [7, 11) is 0. The van der Waals surface area contributed by atoms with Gasteiger partial charge >= 0.3 is 0 Å². The van der Waals surface area contributed by atoms with Crippen LogP contribution in [0.1, 0.15) is 22.4 Å². The summed E-state index contributed by atoms with van der Waals surface area (Å²) in [6.45, 7) is 0.985. The van der Waals surface area contributed by atoms with Crippen molar-refractivity contribution >= 4 is 23.2 Å². The van der Waals surface area contributed by atoms with Gasteiger partial charge in [0.1, 0.15) is 18.1 Å². The van der Waals surface area contributed by atoms with E-state index in [2.05, 4.69) is 27.8 Å². The number of aromatic nitrogens is 3. The number of para-hydroxylation sites is 1. The molecule has 152 valence electrons. The standard InChI is InChI=1S/C25H20N4O2/c30-25-23(22-11-4-5-12-24(22)26-25)14-19-9-6-10-21(13-19)31-17-20-16-29(28-27-20)15-18-7-2-1-3-8-18/h1-14,16H,15,17H2,(H,26,30)/b23-14-. The molecule has 1 aliphatic heterocycles. The lowest BCUT2D eigenvalue weighted by atomic mass is 10.0. The highest BCUT2D eigenvalue weighted by Gasteiger charge is 2.23. The van der Waals surface area contributed by atoms with E-state index in [0.717, 1.165) is 28.1 Å². The number of nitrogens with zero attached hydrogens (tertiary/aromatic N) is 3. The second-order valence-corrected chi connectivity index (χ2v) is 7.31. The Bertz CT molecular complexity index is 1260. The number of carbonyl (C=O) groups excluding carboxylic acids is 1. The van der Waals surface area contributed by atoms with Crippen LogP contribution >= 0.6 is 0 Å². The van der Waals surface area contributed by atoms with E-state index in [1.807, 2.05) is 79.0 Å². The van der Waals surface area contributed by atoms with Crippen LogP contribution < -0.4 is 10.1 Å². The van der Waals surface area contributed by atoms with Gasteiger partial charge < -0.3 is 10.1 Å². The van der Waals surface area contributed by atoms with Crippen molar-refractivity contribution in [2.45, 2.75) is 13.2 Å². The minimum absolute atomic E-state index is 0.0949. The average molecular weight is 408 g/mol. The first kappa shape index (κ1) is 18.8. The summed E-state index contributed by atoms with van der Waals surface area (Å²) in [5.41, 5.74) is 5.21. The van der Waals surface area contributed by atoms with E-state index in [1.165, 1.54) is 0 Å². The van der Waals surface area contributed by atoms with Gasteiger partial charge in [0, 0.05) is 16.8 Å². The molecule has 0 spiro atoms. The van der Waals surface area contributed by atoms with Crippen LogP contribution in [0.15, 0.2) is 85.1 Å². The van der Waals surface area contributed by atoms with Gasteiger partial charge in [-0.05, 0) is 35.4 Å². The van der Waals surface area contributed by atoms with Crippen LogP contribution in [0.25, 0.3) is 11.6 Å². The zero-order valence-corrected chi connectivity index (χ0v) is 16.7. The van der Waals surface area contributed by atoms with Crippen molar-refractivity contribution in [1.29, 1.82) is 0 Å². The molecule has 0 fully saturated rings. The molecule has 5 rings (SSSR count). The third-order valence-corrected chi connectivity index (χ3v) is 5.04. The Kier molecular flexibility index (Phi) is 5.02. The van der Waals surface area contributed by atoms with Crippen molar-refractivity contribution in [3.05, 3.63) is 107 Å². The van der Waals surface area contributed by atoms with Gasteiger partial charge in [0.05, 0.1) is 12.7 Å². The van der Waals surface area contributed by atoms with Gasteiger partial charge in [0.25, 0.3) is 5.91 Å². The molecule has 6 heteroatoms. The molecule has 0 saturated heterocycles. The smallest absolute Gasteiger partial charge is 0.256 e. The SMILES string of the molecule is O=C1Nc2ccccc2/C1=C/c1cccc(OCc2cn(Cc3ccccc3)nn2)c1. The van der Waals surface area contributed by atoms with E-state index in [-0.39, 0.29) is 5.91 Å². The molecule has 0 saturated carbocycles. The van der Waals surface area contributed by atoms with E-state index in [0.29, 0.717) is 24.5 Å². The molecule has 0 radical (unpaired) electrons. The van der Waals surface area contributed by atoms with Crippen LogP contribution in [0.2, 0.25) is 0 Å². The largest absolute Gasteiger partial charge is 0.487 e. The first-order chi connectivity index (χ1) is 15.2. The Morgan fingerprint density at radius 2 is 1.81 bits per heavy atom. The van der Waals surface area contributed by atoms with Crippen LogP contribution in [-0.4, -0.2) is 20.9 Å². The zero-order chi connectivity index (χ0) is 21.0. The molecular weight excluding hydrogens is 388 g/mol. The molecule has 31 heavy (non-hydrogen) atoms. The topological polar surface area (TPSA) is 69.0 Å². The number of fused-ring (bicyclic) bond motifs is 1. The maximum Gasteiger partial charge on any atom is 0.256 e. The fourth-order valence-corrected chi connectivity index (χ4v) is 3.55. The van der Waals surface area contributed by atoms with Gasteiger partial charge in [-0.25, -0.2) is 4.68 Å². The van der Waals surface area contributed by atoms with Gasteiger partial charge in [-0.1, -0.05) is 65.9 Å². The van der Waals surface area contributed by atoms with Gasteiger partial charge in [0.15, 0.2) is 0 Å². The maximum atomic E-state index is 12.3. The number of hydrogen-bond donors (Lipinski definition) is 1. The lowest BCUT2D eigenvalue weighted by Gasteiger charge is -2.05. The van der Waals surface area contributed by atoms with Crippen LogP contribution in [0, 0.1) is 0 Å². The molecule has 3 aromatic carbocycles. The molecule has 1 amide bonds.